The molecule has 0 unspecified atom stereocenters. The minimum atomic E-state index is -0.845. The second-order valence-corrected chi connectivity index (χ2v) is 1.28. The number of carbonyl (C=O) groups is 1. The minimum absolute atomic E-state index is 0.389. The highest BCUT2D eigenvalue weighted by Gasteiger charge is 1.93. The molecule has 0 aliphatic heterocycles. The van der Waals surface area contributed by atoms with Crippen molar-refractivity contribution >= 4 is 5.97 Å². The number of rotatable bonds is 1. The number of allylic oxidation sites excluding steroid dienone is 1. The number of hydrogen-bond acceptors (Lipinski definition) is 2. The van der Waals surface area contributed by atoms with Gasteiger partial charge in [0, 0.05) is 12.7 Å². The van der Waals surface area contributed by atoms with Gasteiger partial charge in [0.15, 0.2) is 0 Å². The Morgan fingerprint density at radius 2 is 1.78 bits per heavy atom. The molecule has 0 saturated carbocycles. The van der Waals surface area contributed by atoms with E-state index in [4.69, 9.17) is 10.2 Å². The fourth-order valence-electron chi connectivity index (χ4n) is 0.123. The van der Waals surface area contributed by atoms with E-state index in [2.05, 4.69) is 0 Å². The maximum atomic E-state index is 9.86. The van der Waals surface area contributed by atoms with Crippen LogP contribution in [0.2, 0.25) is 0 Å². The molecule has 0 heterocycles. The molecule has 0 aromatic rings. The van der Waals surface area contributed by atoms with Gasteiger partial charge in [0.25, 0.3) is 0 Å². The summed E-state index contributed by atoms with van der Waals surface area (Å²) >= 11 is 0. The molecule has 0 rings (SSSR count). The molecule has 0 radical (unpaired) electrons. The average Bonchev–Trinajstić information content (AvgIpc) is 1.91. The van der Waals surface area contributed by atoms with E-state index in [9.17, 15) is 4.79 Å². The lowest BCUT2D eigenvalue weighted by Crippen LogP contribution is -1.93. The molecule has 0 fully saturated rings. The van der Waals surface area contributed by atoms with E-state index >= 15 is 0 Å². The molecule has 0 aliphatic rings. The Morgan fingerprint density at radius 1 is 1.44 bits per heavy atom. The molecule has 0 aromatic carbocycles. The summed E-state index contributed by atoms with van der Waals surface area (Å²) in [5, 5.41) is 15.1. The number of hydrogen-bond donors (Lipinski definition) is 2. The first-order valence-corrected chi connectivity index (χ1v) is 2.49. The van der Waals surface area contributed by atoms with E-state index in [1.165, 1.54) is 0 Å². The maximum absolute atomic E-state index is 9.86. The van der Waals surface area contributed by atoms with E-state index in [1.807, 2.05) is 0 Å². The van der Waals surface area contributed by atoms with Gasteiger partial charge in [-0.2, -0.15) is 0 Å². The van der Waals surface area contributed by atoms with Gasteiger partial charge >= 0.3 is 5.97 Å². The van der Waals surface area contributed by atoms with Gasteiger partial charge in [-0.15, -0.1) is 0 Å². The highest BCUT2D eigenvalue weighted by Crippen LogP contribution is 1.87. The quantitative estimate of drug-likeness (QED) is 0.515. The normalized spacial score (nSPS) is 9.56. The summed E-state index contributed by atoms with van der Waals surface area (Å²) in [6.07, 6.45) is 1.56. The zero-order valence-corrected chi connectivity index (χ0v) is 5.88. The third kappa shape index (κ3) is 7.17. The molecule has 0 bridgehead atoms. The number of aliphatic hydroxyl groups excluding tert-OH is 1. The van der Waals surface area contributed by atoms with Crippen molar-refractivity contribution in [1.82, 2.24) is 0 Å². The predicted octanol–water partition coefficient (Wildman–Crippen LogP) is 0.646. The van der Waals surface area contributed by atoms with Crippen LogP contribution in [0.5, 0.6) is 0 Å². The van der Waals surface area contributed by atoms with Gasteiger partial charge in [0.2, 0.25) is 0 Å². The summed E-state index contributed by atoms with van der Waals surface area (Å²) in [6.45, 7) is 3.26. The number of aliphatic hydroxyl groups is 1. The Morgan fingerprint density at radius 3 is 1.78 bits per heavy atom. The predicted molar refractivity (Wildman–Crippen MR) is 35.2 cm³/mol. The van der Waals surface area contributed by atoms with Gasteiger partial charge in [-0.3, -0.25) is 0 Å². The van der Waals surface area contributed by atoms with Gasteiger partial charge in [-0.05, 0) is 13.8 Å². The lowest BCUT2D eigenvalue weighted by molar-refractivity contribution is -0.132. The van der Waals surface area contributed by atoms with E-state index in [0.29, 0.717) is 5.57 Å². The average molecular weight is 132 g/mol. The summed E-state index contributed by atoms with van der Waals surface area (Å²) in [6, 6.07) is 0. The fourth-order valence-corrected chi connectivity index (χ4v) is 0.123. The second-order valence-electron chi connectivity index (χ2n) is 1.28. The molecule has 0 aromatic heterocycles. The molecule has 3 heteroatoms. The minimum Gasteiger partial charge on any atom is -0.478 e. The van der Waals surface area contributed by atoms with Crippen LogP contribution in [-0.2, 0) is 4.79 Å². The van der Waals surface area contributed by atoms with Crippen LogP contribution in [0.15, 0.2) is 11.6 Å². The molecule has 0 spiro atoms. The van der Waals surface area contributed by atoms with E-state index in [-0.39, 0.29) is 0 Å². The standard InChI is InChI=1S/C5H8O2.CH4O/c1-3-4(2)5(6)7;1-2/h3H,1-2H3,(H,6,7);2H,1H3. The maximum Gasteiger partial charge on any atom is 0.330 e. The van der Waals surface area contributed by atoms with Crippen LogP contribution >= 0.6 is 0 Å². The van der Waals surface area contributed by atoms with Crippen molar-refractivity contribution in [3.63, 3.8) is 0 Å². The summed E-state index contributed by atoms with van der Waals surface area (Å²) < 4.78 is 0. The highest BCUT2D eigenvalue weighted by atomic mass is 16.4. The molecule has 0 aliphatic carbocycles. The summed E-state index contributed by atoms with van der Waals surface area (Å²) in [4.78, 5) is 9.86. The van der Waals surface area contributed by atoms with Crippen molar-refractivity contribution in [3.8, 4) is 0 Å². The Kier molecular flexibility index (Phi) is 8.79. The Bertz CT molecular complexity index is 105. The SMILES string of the molecule is CC=C(C)C(=O)O.CO. The van der Waals surface area contributed by atoms with Gasteiger partial charge < -0.3 is 10.2 Å². The zero-order chi connectivity index (χ0) is 7.86. The lowest BCUT2D eigenvalue weighted by Gasteiger charge is -1.84. The van der Waals surface area contributed by atoms with Crippen LogP contribution in [0.25, 0.3) is 0 Å². The van der Waals surface area contributed by atoms with Gasteiger partial charge in [-0.25, -0.2) is 4.79 Å². The topological polar surface area (TPSA) is 57.5 Å². The first-order valence-electron chi connectivity index (χ1n) is 2.49. The first-order chi connectivity index (χ1) is 4.18. The van der Waals surface area contributed by atoms with Crippen LogP contribution < -0.4 is 0 Å². The van der Waals surface area contributed by atoms with Crippen LogP contribution in [0.1, 0.15) is 13.8 Å². The molecule has 54 valence electrons. The Labute approximate surface area is 54.6 Å². The van der Waals surface area contributed by atoms with Crippen molar-refractivity contribution in [1.29, 1.82) is 0 Å². The highest BCUT2D eigenvalue weighted by molar-refractivity contribution is 5.85. The third-order valence-corrected chi connectivity index (χ3v) is 0.770. The summed E-state index contributed by atoms with van der Waals surface area (Å²) in [5.74, 6) is -0.845. The molecule has 2 N–H and O–H groups in total. The lowest BCUT2D eigenvalue weighted by atomic mass is 10.3. The number of carboxylic acid groups (broad SMARTS) is 1. The Balaban J connectivity index is 0. The number of carboxylic acids is 1. The fraction of sp³-hybridized carbons (Fsp3) is 0.500. The van der Waals surface area contributed by atoms with Gasteiger partial charge in [0.05, 0.1) is 0 Å². The van der Waals surface area contributed by atoms with Crippen molar-refractivity contribution < 1.29 is 15.0 Å². The van der Waals surface area contributed by atoms with E-state index in [0.717, 1.165) is 7.11 Å². The van der Waals surface area contributed by atoms with Crippen molar-refractivity contribution in [2.45, 2.75) is 13.8 Å². The zero-order valence-electron chi connectivity index (χ0n) is 5.88. The first kappa shape index (κ1) is 11.0. The van der Waals surface area contributed by atoms with Gasteiger partial charge in [0.1, 0.15) is 0 Å². The second kappa shape index (κ2) is 7.17. The van der Waals surface area contributed by atoms with Crippen molar-refractivity contribution in [3.05, 3.63) is 11.6 Å². The smallest absolute Gasteiger partial charge is 0.330 e. The Hall–Kier alpha value is -0.830. The van der Waals surface area contributed by atoms with Crippen LogP contribution in [0.4, 0.5) is 0 Å². The molecular formula is C6H12O3. The monoisotopic (exact) mass is 132 g/mol. The van der Waals surface area contributed by atoms with E-state index in [1.54, 1.807) is 19.9 Å². The third-order valence-electron chi connectivity index (χ3n) is 0.770. The van der Waals surface area contributed by atoms with Crippen molar-refractivity contribution in [2.75, 3.05) is 7.11 Å². The molecule has 0 amide bonds. The molecular weight excluding hydrogens is 120 g/mol. The molecule has 0 saturated heterocycles. The molecule has 0 atom stereocenters. The molecule has 3 nitrogen and oxygen atoms in total. The number of aliphatic carboxylic acids is 1. The molecule has 9 heavy (non-hydrogen) atoms. The summed E-state index contributed by atoms with van der Waals surface area (Å²) in [7, 11) is 1.00. The van der Waals surface area contributed by atoms with Crippen LogP contribution in [-0.4, -0.2) is 23.3 Å². The van der Waals surface area contributed by atoms with Gasteiger partial charge in [-0.1, -0.05) is 6.08 Å². The summed E-state index contributed by atoms with van der Waals surface area (Å²) in [5.41, 5.74) is 0.389. The van der Waals surface area contributed by atoms with Crippen LogP contribution in [0, 0.1) is 0 Å². The van der Waals surface area contributed by atoms with Crippen LogP contribution in [0.3, 0.4) is 0 Å². The largest absolute Gasteiger partial charge is 0.478 e. The van der Waals surface area contributed by atoms with E-state index < -0.39 is 5.97 Å². The van der Waals surface area contributed by atoms with Crippen molar-refractivity contribution in [2.24, 2.45) is 0 Å².